The van der Waals surface area contributed by atoms with E-state index in [-0.39, 0.29) is 0 Å². The Labute approximate surface area is 122 Å². The lowest BCUT2D eigenvalue weighted by Crippen LogP contribution is -2.23. The van der Waals surface area contributed by atoms with Crippen molar-refractivity contribution < 1.29 is 0 Å². The molecule has 0 fully saturated rings. The number of hydrogen-bond acceptors (Lipinski definition) is 4. The van der Waals surface area contributed by atoms with E-state index in [9.17, 15) is 0 Å². The molecule has 1 aromatic rings. The summed E-state index contributed by atoms with van der Waals surface area (Å²) in [6.45, 7) is 9.86. The molecule has 5 heteroatoms. The summed E-state index contributed by atoms with van der Waals surface area (Å²) >= 11 is 1.81. The molecular weight excluding hydrogens is 256 g/mol. The van der Waals surface area contributed by atoms with Gasteiger partial charge in [0.25, 0.3) is 0 Å². The van der Waals surface area contributed by atoms with Crippen LogP contribution in [0.25, 0.3) is 0 Å². The van der Waals surface area contributed by atoms with Crippen molar-refractivity contribution >= 4 is 11.8 Å². The first kappa shape index (κ1) is 16.5. The van der Waals surface area contributed by atoms with Gasteiger partial charge in [-0.25, -0.2) is 0 Å². The lowest BCUT2D eigenvalue weighted by atomic mass is 10.2. The van der Waals surface area contributed by atoms with Crippen molar-refractivity contribution in [3.63, 3.8) is 0 Å². The van der Waals surface area contributed by atoms with E-state index in [0.29, 0.717) is 11.3 Å². The van der Waals surface area contributed by atoms with E-state index in [0.717, 1.165) is 23.9 Å². The molecular formula is C14H28N4S. The van der Waals surface area contributed by atoms with Gasteiger partial charge in [-0.1, -0.05) is 45.9 Å². The fourth-order valence-corrected chi connectivity index (χ4v) is 2.97. The number of rotatable bonds is 8. The van der Waals surface area contributed by atoms with E-state index >= 15 is 0 Å². The lowest BCUT2D eigenvalue weighted by molar-refractivity contribution is 0.270. The quantitative estimate of drug-likeness (QED) is 0.683. The summed E-state index contributed by atoms with van der Waals surface area (Å²) in [7, 11) is 4.23. The molecule has 1 rings (SSSR count). The third-order valence-electron chi connectivity index (χ3n) is 3.13. The maximum absolute atomic E-state index is 4.46. The standard InChI is InChI=1S/C14H28N4S/c1-7-9-10-18-13(12(8-2)17(5)6)15-16-14(18)19-11(3)4/h11-12H,7-10H2,1-6H3. The third kappa shape index (κ3) is 4.49. The highest BCUT2D eigenvalue weighted by Gasteiger charge is 2.21. The molecule has 0 aliphatic carbocycles. The summed E-state index contributed by atoms with van der Waals surface area (Å²) in [4.78, 5) is 2.23. The van der Waals surface area contributed by atoms with Gasteiger partial charge >= 0.3 is 0 Å². The highest BCUT2D eigenvalue weighted by atomic mass is 32.2. The van der Waals surface area contributed by atoms with E-state index in [1.165, 1.54) is 12.8 Å². The molecule has 1 atom stereocenters. The van der Waals surface area contributed by atoms with Crippen molar-refractivity contribution in [2.45, 2.75) is 70.0 Å². The first-order chi connectivity index (χ1) is 9.01. The van der Waals surface area contributed by atoms with E-state index in [4.69, 9.17) is 0 Å². The van der Waals surface area contributed by atoms with Crippen LogP contribution in [0.3, 0.4) is 0 Å². The topological polar surface area (TPSA) is 34.0 Å². The van der Waals surface area contributed by atoms with E-state index in [1.807, 2.05) is 0 Å². The Hall–Kier alpha value is -0.550. The molecule has 1 unspecified atom stereocenters. The largest absolute Gasteiger partial charge is 0.305 e. The van der Waals surface area contributed by atoms with Crippen LogP contribution in [-0.4, -0.2) is 39.0 Å². The van der Waals surface area contributed by atoms with E-state index in [1.54, 1.807) is 11.8 Å². The predicted octanol–water partition coefficient (Wildman–Crippen LogP) is 3.59. The smallest absolute Gasteiger partial charge is 0.191 e. The molecule has 0 N–H and O–H groups in total. The van der Waals surface area contributed by atoms with Gasteiger partial charge in [-0.3, -0.25) is 4.90 Å². The monoisotopic (exact) mass is 284 g/mol. The van der Waals surface area contributed by atoms with Crippen molar-refractivity contribution in [2.75, 3.05) is 14.1 Å². The Morgan fingerprint density at radius 3 is 2.37 bits per heavy atom. The van der Waals surface area contributed by atoms with Crippen molar-refractivity contribution in [1.82, 2.24) is 19.7 Å². The zero-order valence-electron chi connectivity index (χ0n) is 13.2. The van der Waals surface area contributed by atoms with Crippen LogP contribution in [0.1, 0.15) is 58.8 Å². The normalized spacial score (nSPS) is 13.5. The number of aromatic nitrogens is 3. The molecule has 1 heterocycles. The van der Waals surface area contributed by atoms with Crippen molar-refractivity contribution in [1.29, 1.82) is 0 Å². The van der Waals surface area contributed by atoms with Crippen LogP contribution in [-0.2, 0) is 6.54 Å². The zero-order chi connectivity index (χ0) is 14.4. The maximum atomic E-state index is 4.46. The summed E-state index contributed by atoms with van der Waals surface area (Å²) in [5, 5.41) is 10.5. The number of unbranched alkanes of at least 4 members (excludes halogenated alkanes) is 1. The molecule has 0 aliphatic rings. The molecule has 4 nitrogen and oxygen atoms in total. The van der Waals surface area contributed by atoms with Crippen LogP contribution in [0, 0.1) is 0 Å². The maximum Gasteiger partial charge on any atom is 0.191 e. The molecule has 0 saturated carbocycles. The minimum absolute atomic E-state index is 0.353. The number of nitrogens with zero attached hydrogens (tertiary/aromatic N) is 4. The summed E-state index contributed by atoms with van der Waals surface area (Å²) in [5.74, 6) is 1.11. The number of hydrogen-bond donors (Lipinski definition) is 0. The van der Waals surface area contributed by atoms with E-state index in [2.05, 4.69) is 61.5 Å². The minimum atomic E-state index is 0.353. The average molecular weight is 284 g/mol. The second kappa shape index (κ2) is 7.90. The third-order valence-corrected chi connectivity index (χ3v) is 4.11. The van der Waals surface area contributed by atoms with Gasteiger partial charge in [0.05, 0.1) is 6.04 Å². The predicted molar refractivity (Wildman–Crippen MR) is 82.6 cm³/mol. The van der Waals surface area contributed by atoms with Gasteiger partial charge < -0.3 is 4.57 Å². The first-order valence-corrected chi connectivity index (χ1v) is 8.15. The van der Waals surface area contributed by atoms with Gasteiger partial charge in [-0.05, 0) is 26.9 Å². The zero-order valence-corrected chi connectivity index (χ0v) is 14.0. The SMILES string of the molecule is CCCCn1c(SC(C)C)nnc1C(CC)N(C)C. The van der Waals surface area contributed by atoms with Gasteiger partial charge in [0.1, 0.15) is 0 Å². The lowest BCUT2D eigenvalue weighted by Gasteiger charge is -2.23. The second-order valence-corrected chi connectivity index (χ2v) is 6.94. The minimum Gasteiger partial charge on any atom is -0.305 e. The Bertz CT molecular complexity index is 374. The Kier molecular flexibility index (Phi) is 6.86. The first-order valence-electron chi connectivity index (χ1n) is 7.27. The molecule has 0 amide bonds. The summed E-state index contributed by atoms with van der Waals surface area (Å²) in [6.07, 6.45) is 3.44. The Morgan fingerprint density at radius 1 is 1.21 bits per heavy atom. The van der Waals surface area contributed by atoms with Crippen LogP contribution in [0.15, 0.2) is 5.16 Å². The van der Waals surface area contributed by atoms with Gasteiger partial charge in [-0.2, -0.15) is 0 Å². The highest BCUT2D eigenvalue weighted by Crippen LogP contribution is 2.27. The highest BCUT2D eigenvalue weighted by molar-refractivity contribution is 7.99. The van der Waals surface area contributed by atoms with Crippen LogP contribution in [0.5, 0.6) is 0 Å². The van der Waals surface area contributed by atoms with Crippen LogP contribution < -0.4 is 0 Å². The summed E-state index contributed by atoms with van der Waals surface area (Å²) in [6, 6.07) is 0.353. The van der Waals surface area contributed by atoms with Crippen molar-refractivity contribution in [3.05, 3.63) is 5.82 Å². The molecule has 0 saturated heterocycles. The van der Waals surface area contributed by atoms with E-state index < -0.39 is 0 Å². The van der Waals surface area contributed by atoms with Crippen molar-refractivity contribution in [3.8, 4) is 0 Å². The summed E-state index contributed by atoms with van der Waals surface area (Å²) in [5.41, 5.74) is 0. The fourth-order valence-electron chi connectivity index (χ4n) is 2.15. The second-order valence-electron chi connectivity index (χ2n) is 5.40. The molecule has 0 aliphatic heterocycles. The Morgan fingerprint density at radius 2 is 1.89 bits per heavy atom. The molecule has 0 aromatic carbocycles. The van der Waals surface area contributed by atoms with Gasteiger partial charge in [-0.15, -0.1) is 10.2 Å². The van der Waals surface area contributed by atoms with Gasteiger partial charge in [0.15, 0.2) is 11.0 Å². The molecule has 0 radical (unpaired) electrons. The van der Waals surface area contributed by atoms with Gasteiger partial charge in [0.2, 0.25) is 0 Å². The fraction of sp³-hybridized carbons (Fsp3) is 0.857. The summed E-state index contributed by atoms with van der Waals surface area (Å²) < 4.78 is 2.32. The van der Waals surface area contributed by atoms with Crippen molar-refractivity contribution in [2.24, 2.45) is 0 Å². The van der Waals surface area contributed by atoms with Crippen LogP contribution in [0.2, 0.25) is 0 Å². The van der Waals surface area contributed by atoms with Crippen LogP contribution in [0.4, 0.5) is 0 Å². The average Bonchev–Trinajstić information content (AvgIpc) is 2.69. The molecule has 19 heavy (non-hydrogen) atoms. The molecule has 110 valence electrons. The molecule has 0 spiro atoms. The number of thioether (sulfide) groups is 1. The van der Waals surface area contributed by atoms with Gasteiger partial charge in [0, 0.05) is 11.8 Å². The molecule has 0 bridgehead atoms. The molecule has 1 aromatic heterocycles. The van der Waals surface area contributed by atoms with Crippen LogP contribution >= 0.6 is 11.8 Å². The Balaban J connectivity index is 3.04.